The number of benzene rings is 1. The summed E-state index contributed by atoms with van der Waals surface area (Å²) in [6, 6.07) is 7.17. The third-order valence-electron chi connectivity index (χ3n) is 6.55. The average molecular weight is 341 g/mol. The summed E-state index contributed by atoms with van der Waals surface area (Å²) in [6.45, 7) is 11.4. The Hall–Kier alpha value is -1.22. The highest BCUT2D eigenvalue weighted by Crippen LogP contribution is 2.50. The maximum absolute atomic E-state index is 4.82. The number of piperidine rings is 1. The van der Waals surface area contributed by atoms with Gasteiger partial charge in [-0.05, 0) is 71.7 Å². The van der Waals surface area contributed by atoms with Gasteiger partial charge in [0.25, 0.3) is 0 Å². The van der Waals surface area contributed by atoms with Gasteiger partial charge in [0.1, 0.15) is 5.84 Å². The highest BCUT2D eigenvalue weighted by Gasteiger charge is 2.38. The number of allylic oxidation sites excluding steroid dienone is 1. The number of nitrogens with zero attached hydrogens (tertiary/aromatic N) is 2. The Morgan fingerprint density at radius 2 is 2.12 bits per heavy atom. The Kier molecular flexibility index (Phi) is 4.24. The summed E-state index contributed by atoms with van der Waals surface area (Å²) in [4.78, 5) is 2.51. The first kappa shape index (κ1) is 16.3. The molecule has 4 rings (SSSR count). The lowest BCUT2D eigenvalue weighted by atomic mass is 9.77. The van der Waals surface area contributed by atoms with E-state index in [-0.39, 0.29) is 5.41 Å². The van der Waals surface area contributed by atoms with E-state index in [0.717, 1.165) is 12.3 Å². The zero-order valence-electron chi connectivity index (χ0n) is 15.0. The molecule has 0 radical (unpaired) electrons. The second-order valence-corrected chi connectivity index (χ2v) is 8.37. The molecule has 3 heteroatoms. The number of hydrogen-bond donors (Lipinski definition) is 0. The minimum Gasteiger partial charge on any atom is -0.358 e. The van der Waals surface area contributed by atoms with E-state index < -0.39 is 0 Å². The van der Waals surface area contributed by atoms with Crippen molar-refractivity contribution >= 4 is 23.4 Å². The van der Waals surface area contributed by atoms with Gasteiger partial charge in [-0.2, -0.15) is 0 Å². The van der Waals surface area contributed by atoms with Crippen molar-refractivity contribution in [2.45, 2.75) is 51.9 Å². The Balaban J connectivity index is 1.68. The van der Waals surface area contributed by atoms with Crippen LogP contribution in [0.5, 0.6) is 0 Å². The van der Waals surface area contributed by atoms with Crippen LogP contribution < -0.4 is 0 Å². The van der Waals surface area contributed by atoms with Crippen LogP contribution in [0.2, 0.25) is 0 Å². The third kappa shape index (κ3) is 2.44. The lowest BCUT2D eigenvalue weighted by molar-refractivity contribution is 0.370. The first-order chi connectivity index (χ1) is 11.7. The molecule has 1 aliphatic carbocycles. The van der Waals surface area contributed by atoms with E-state index in [9.17, 15) is 0 Å². The minimum atomic E-state index is 0.289. The first-order valence-electron chi connectivity index (χ1n) is 9.46. The van der Waals surface area contributed by atoms with Crippen LogP contribution in [-0.4, -0.2) is 29.6 Å². The predicted molar refractivity (Wildman–Crippen MR) is 106 cm³/mol. The fraction of sp³-hybridized carbons (Fsp3) is 0.571. The summed E-state index contributed by atoms with van der Waals surface area (Å²) in [5.41, 5.74) is 6.05. The van der Waals surface area contributed by atoms with Crippen molar-refractivity contribution in [3.05, 3.63) is 41.5 Å². The molecule has 2 nitrogen and oxygen atoms in total. The summed E-state index contributed by atoms with van der Waals surface area (Å²) in [6.07, 6.45) is 6.06. The molecule has 1 fully saturated rings. The van der Waals surface area contributed by atoms with Gasteiger partial charge in [0.15, 0.2) is 0 Å². The zero-order valence-corrected chi connectivity index (χ0v) is 15.8. The van der Waals surface area contributed by atoms with Gasteiger partial charge in [0.2, 0.25) is 0 Å². The van der Waals surface area contributed by atoms with Crippen molar-refractivity contribution in [3.8, 4) is 0 Å². The molecule has 0 saturated carbocycles. The van der Waals surface area contributed by atoms with Crippen LogP contribution in [0.4, 0.5) is 0 Å². The highest BCUT2D eigenvalue weighted by atomic mass is 32.2. The van der Waals surface area contributed by atoms with Crippen LogP contribution in [0.3, 0.4) is 0 Å². The molecule has 0 bridgehead atoms. The van der Waals surface area contributed by atoms with E-state index in [1.807, 2.05) is 0 Å². The predicted octanol–water partition coefficient (Wildman–Crippen LogP) is 5.30. The van der Waals surface area contributed by atoms with Crippen LogP contribution in [0.15, 0.2) is 29.2 Å². The van der Waals surface area contributed by atoms with Crippen LogP contribution in [0.25, 0.3) is 5.57 Å². The minimum absolute atomic E-state index is 0.289. The SMILES string of the molecule is C=C1c2ccc(C3CCCN4CCSN=C34)cc2CC1(CC)CC. The van der Waals surface area contributed by atoms with Gasteiger partial charge >= 0.3 is 0 Å². The number of fused-ring (bicyclic) bond motifs is 2. The normalized spacial score (nSPS) is 25.2. The molecule has 0 amide bonds. The van der Waals surface area contributed by atoms with Crippen molar-refractivity contribution < 1.29 is 0 Å². The van der Waals surface area contributed by atoms with Gasteiger partial charge in [-0.1, -0.05) is 38.6 Å². The zero-order chi connectivity index (χ0) is 16.7. The number of hydrogen-bond acceptors (Lipinski definition) is 3. The number of amidine groups is 1. The molecule has 1 unspecified atom stereocenters. The average Bonchev–Trinajstić information content (AvgIpc) is 2.93. The Bertz CT molecular complexity index is 687. The molecule has 1 atom stereocenters. The fourth-order valence-corrected chi connectivity index (χ4v) is 5.60. The topological polar surface area (TPSA) is 15.6 Å². The molecule has 24 heavy (non-hydrogen) atoms. The van der Waals surface area contributed by atoms with Crippen molar-refractivity contribution in [2.24, 2.45) is 9.81 Å². The van der Waals surface area contributed by atoms with Crippen LogP contribution >= 0.6 is 11.9 Å². The van der Waals surface area contributed by atoms with Gasteiger partial charge in [0.05, 0.1) is 0 Å². The molecule has 2 heterocycles. The van der Waals surface area contributed by atoms with Gasteiger partial charge in [-0.25, -0.2) is 4.40 Å². The Morgan fingerprint density at radius 3 is 2.92 bits per heavy atom. The van der Waals surface area contributed by atoms with E-state index >= 15 is 0 Å². The second-order valence-electron chi connectivity index (χ2n) is 7.52. The van der Waals surface area contributed by atoms with E-state index in [2.05, 4.69) is 43.5 Å². The highest BCUT2D eigenvalue weighted by molar-refractivity contribution is 7.98. The molecule has 1 saturated heterocycles. The molecule has 0 aromatic heterocycles. The molecule has 1 aromatic rings. The smallest absolute Gasteiger partial charge is 0.120 e. The van der Waals surface area contributed by atoms with Gasteiger partial charge in [-0.15, -0.1) is 0 Å². The first-order valence-corrected chi connectivity index (χ1v) is 10.4. The molecular formula is C21H28N2S. The molecule has 0 spiro atoms. The third-order valence-corrected chi connectivity index (χ3v) is 7.23. The molecule has 0 N–H and O–H groups in total. The maximum atomic E-state index is 4.82. The van der Waals surface area contributed by atoms with Crippen LogP contribution in [0, 0.1) is 5.41 Å². The molecule has 2 aliphatic heterocycles. The lowest BCUT2D eigenvalue weighted by Crippen LogP contribution is -2.43. The summed E-state index contributed by atoms with van der Waals surface area (Å²) in [7, 11) is 0. The summed E-state index contributed by atoms with van der Waals surface area (Å²) < 4.78 is 4.82. The molecule has 1 aromatic carbocycles. The standard InChI is InChI=1S/C21H28N2S/c1-4-21(5-2)14-17-13-16(8-9-18(17)15(21)3)19-7-6-10-23-11-12-24-22-20(19)23/h8-9,13,19H,3-7,10-12,14H2,1-2H3. The second kappa shape index (κ2) is 6.25. The number of rotatable bonds is 3. The fourth-order valence-electron chi connectivity index (χ4n) is 4.83. The Labute approximate surface area is 150 Å². The quantitative estimate of drug-likeness (QED) is 0.694. The van der Waals surface area contributed by atoms with E-state index in [4.69, 9.17) is 4.40 Å². The van der Waals surface area contributed by atoms with E-state index in [1.54, 1.807) is 11.9 Å². The maximum Gasteiger partial charge on any atom is 0.120 e. The lowest BCUT2D eigenvalue weighted by Gasteiger charge is -2.38. The van der Waals surface area contributed by atoms with Crippen molar-refractivity contribution in [1.82, 2.24) is 4.90 Å². The molecular weight excluding hydrogens is 312 g/mol. The van der Waals surface area contributed by atoms with E-state index in [0.29, 0.717) is 5.92 Å². The largest absolute Gasteiger partial charge is 0.358 e. The molecule has 3 aliphatic rings. The van der Waals surface area contributed by atoms with Crippen molar-refractivity contribution in [3.63, 3.8) is 0 Å². The van der Waals surface area contributed by atoms with Gasteiger partial charge in [0, 0.05) is 24.8 Å². The Morgan fingerprint density at radius 1 is 1.29 bits per heavy atom. The summed E-state index contributed by atoms with van der Waals surface area (Å²) >= 11 is 1.74. The summed E-state index contributed by atoms with van der Waals surface area (Å²) in [5, 5.41) is 0. The summed E-state index contributed by atoms with van der Waals surface area (Å²) in [5.74, 6) is 2.95. The van der Waals surface area contributed by atoms with Crippen molar-refractivity contribution in [1.29, 1.82) is 0 Å². The van der Waals surface area contributed by atoms with E-state index in [1.165, 1.54) is 66.7 Å². The molecule has 128 valence electrons. The van der Waals surface area contributed by atoms with Gasteiger partial charge in [-0.3, -0.25) is 0 Å². The van der Waals surface area contributed by atoms with Gasteiger partial charge < -0.3 is 4.90 Å². The van der Waals surface area contributed by atoms with Crippen LogP contribution in [0.1, 0.15) is 62.1 Å². The van der Waals surface area contributed by atoms with Crippen LogP contribution in [-0.2, 0) is 6.42 Å². The van der Waals surface area contributed by atoms with Crippen molar-refractivity contribution in [2.75, 3.05) is 18.8 Å². The monoisotopic (exact) mass is 340 g/mol.